The van der Waals surface area contributed by atoms with Gasteiger partial charge < -0.3 is 9.88 Å². The first-order chi connectivity index (χ1) is 7.66. The minimum atomic E-state index is 0.493. The molecule has 2 heterocycles. The van der Waals surface area contributed by atoms with E-state index < -0.39 is 0 Å². The van der Waals surface area contributed by atoms with Gasteiger partial charge in [0.1, 0.15) is 0 Å². The maximum Gasteiger partial charge on any atom is 0.152 e. The monoisotopic (exact) mass is 236 g/mol. The van der Waals surface area contributed by atoms with Crippen LogP contribution in [0.5, 0.6) is 0 Å². The third kappa shape index (κ3) is 2.33. The number of rotatable bonds is 3. The van der Waals surface area contributed by atoms with E-state index in [4.69, 9.17) is 11.6 Å². The highest BCUT2D eigenvalue weighted by Gasteiger charge is 2.03. The fourth-order valence-corrected chi connectivity index (χ4v) is 1.59. The van der Waals surface area contributed by atoms with Gasteiger partial charge in [0, 0.05) is 19.4 Å². The van der Waals surface area contributed by atoms with Crippen LogP contribution in [0.2, 0.25) is 5.15 Å². The van der Waals surface area contributed by atoms with Gasteiger partial charge in [-0.2, -0.15) is 0 Å². The van der Waals surface area contributed by atoms with Crippen molar-refractivity contribution in [2.45, 2.75) is 13.5 Å². The lowest BCUT2D eigenvalue weighted by Gasteiger charge is -2.08. The molecule has 0 radical (unpaired) electrons. The molecule has 0 unspecified atom stereocenters. The van der Waals surface area contributed by atoms with Crippen LogP contribution in [0.4, 0.5) is 5.69 Å². The fourth-order valence-electron chi connectivity index (χ4n) is 1.42. The van der Waals surface area contributed by atoms with Crippen LogP contribution in [-0.4, -0.2) is 14.5 Å². The van der Waals surface area contributed by atoms with Gasteiger partial charge in [-0.1, -0.05) is 11.6 Å². The van der Waals surface area contributed by atoms with Crippen LogP contribution in [-0.2, 0) is 13.6 Å². The van der Waals surface area contributed by atoms with E-state index >= 15 is 0 Å². The van der Waals surface area contributed by atoms with Crippen molar-refractivity contribution in [3.8, 4) is 0 Å². The van der Waals surface area contributed by atoms with Crippen LogP contribution in [0.1, 0.15) is 11.3 Å². The molecule has 0 fully saturated rings. The molecule has 4 nitrogen and oxygen atoms in total. The molecule has 2 rings (SSSR count). The second-order valence-corrected chi connectivity index (χ2v) is 4.06. The van der Waals surface area contributed by atoms with E-state index in [1.165, 1.54) is 0 Å². The molecule has 0 amide bonds. The molecule has 2 aromatic rings. The van der Waals surface area contributed by atoms with Crippen LogP contribution in [0.15, 0.2) is 24.8 Å². The predicted octanol–water partition coefficient (Wildman–Crippen LogP) is 2.39. The zero-order valence-electron chi connectivity index (χ0n) is 9.24. The molecule has 5 heteroatoms. The van der Waals surface area contributed by atoms with Gasteiger partial charge in [-0.3, -0.25) is 0 Å². The average Bonchev–Trinajstić information content (AvgIpc) is 2.66. The van der Waals surface area contributed by atoms with E-state index in [2.05, 4.69) is 15.3 Å². The predicted molar refractivity (Wildman–Crippen MR) is 64.5 cm³/mol. The Morgan fingerprint density at radius 2 is 2.25 bits per heavy atom. The van der Waals surface area contributed by atoms with Crippen LogP contribution in [0.3, 0.4) is 0 Å². The summed E-state index contributed by atoms with van der Waals surface area (Å²) >= 11 is 5.98. The van der Waals surface area contributed by atoms with Crippen LogP contribution in [0, 0.1) is 6.92 Å². The standard InChI is InChI=1S/C11H13ClN4/c1-8-3-10(11(12)15-4-8)14-6-9-5-13-7-16(9)2/h3-5,7,14H,6H2,1-2H3. The average molecular weight is 237 g/mol. The number of aromatic nitrogens is 3. The summed E-state index contributed by atoms with van der Waals surface area (Å²) in [6.07, 6.45) is 5.34. The summed E-state index contributed by atoms with van der Waals surface area (Å²) in [5, 5.41) is 3.74. The first-order valence-corrected chi connectivity index (χ1v) is 5.36. The molecule has 0 aromatic carbocycles. The lowest BCUT2D eigenvalue weighted by Crippen LogP contribution is -2.05. The second-order valence-electron chi connectivity index (χ2n) is 3.70. The molecule has 1 N–H and O–H groups in total. The molecular weight excluding hydrogens is 224 g/mol. The molecule has 0 aliphatic heterocycles. The van der Waals surface area contributed by atoms with Gasteiger partial charge >= 0.3 is 0 Å². The molecular formula is C11H13ClN4. The molecule has 0 aliphatic rings. The number of nitrogens with one attached hydrogen (secondary N) is 1. The summed E-state index contributed by atoms with van der Waals surface area (Å²) < 4.78 is 1.96. The second kappa shape index (κ2) is 4.53. The Morgan fingerprint density at radius 1 is 1.44 bits per heavy atom. The first-order valence-electron chi connectivity index (χ1n) is 4.98. The number of pyridine rings is 1. The summed E-state index contributed by atoms with van der Waals surface area (Å²) in [6.45, 7) is 2.67. The molecule has 2 aromatic heterocycles. The Labute approximate surface area is 99.3 Å². The maximum absolute atomic E-state index is 5.98. The van der Waals surface area contributed by atoms with Crippen molar-refractivity contribution in [2.24, 2.45) is 7.05 Å². The first kappa shape index (κ1) is 11.0. The minimum Gasteiger partial charge on any atom is -0.377 e. The van der Waals surface area contributed by atoms with Crippen molar-refractivity contribution in [1.29, 1.82) is 0 Å². The molecule has 16 heavy (non-hydrogen) atoms. The lowest BCUT2D eigenvalue weighted by atomic mass is 10.3. The van der Waals surface area contributed by atoms with Crippen LogP contribution >= 0.6 is 11.6 Å². The van der Waals surface area contributed by atoms with Gasteiger partial charge in [-0.15, -0.1) is 0 Å². The Bertz CT molecular complexity index is 492. The van der Waals surface area contributed by atoms with Gasteiger partial charge in [0.05, 0.1) is 24.3 Å². The van der Waals surface area contributed by atoms with E-state index in [9.17, 15) is 0 Å². The van der Waals surface area contributed by atoms with Crippen LogP contribution < -0.4 is 5.32 Å². The van der Waals surface area contributed by atoms with E-state index in [0.29, 0.717) is 11.7 Å². The van der Waals surface area contributed by atoms with Gasteiger partial charge in [0.15, 0.2) is 5.15 Å². The fraction of sp³-hybridized carbons (Fsp3) is 0.273. The number of hydrogen-bond donors (Lipinski definition) is 1. The summed E-state index contributed by atoms with van der Waals surface area (Å²) in [7, 11) is 1.96. The van der Waals surface area contributed by atoms with E-state index in [1.54, 1.807) is 12.5 Å². The molecule has 0 saturated carbocycles. The number of imidazole rings is 1. The smallest absolute Gasteiger partial charge is 0.152 e. The number of anilines is 1. The molecule has 0 atom stereocenters. The molecule has 0 saturated heterocycles. The Hall–Kier alpha value is -1.55. The third-order valence-corrected chi connectivity index (χ3v) is 2.65. The molecule has 0 bridgehead atoms. The highest BCUT2D eigenvalue weighted by molar-refractivity contribution is 6.31. The van der Waals surface area contributed by atoms with E-state index in [0.717, 1.165) is 16.9 Å². The number of halogens is 1. The summed E-state index contributed by atoms with van der Waals surface area (Å²) in [4.78, 5) is 8.13. The Morgan fingerprint density at radius 3 is 2.94 bits per heavy atom. The zero-order valence-corrected chi connectivity index (χ0v) is 9.99. The van der Waals surface area contributed by atoms with Gasteiger partial charge in [-0.05, 0) is 18.6 Å². The lowest BCUT2D eigenvalue weighted by molar-refractivity contribution is 0.837. The van der Waals surface area contributed by atoms with Crippen molar-refractivity contribution in [3.05, 3.63) is 41.2 Å². The molecule has 84 valence electrons. The molecule has 0 aliphatic carbocycles. The summed E-state index contributed by atoms with van der Waals surface area (Å²) in [5.74, 6) is 0. The highest BCUT2D eigenvalue weighted by atomic mass is 35.5. The van der Waals surface area contributed by atoms with Crippen molar-refractivity contribution < 1.29 is 0 Å². The van der Waals surface area contributed by atoms with Gasteiger partial charge in [-0.25, -0.2) is 9.97 Å². The maximum atomic E-state index is 5.98. The van der Waals surface area contributed by atoms with Crippen LogP contribution in [0.25, 0.3) is 0 Å². The van der Waals surface area contributed by atoms with E-state index in [-0.39, 0.29) is 0 Å². The van der Waals surface area contributed by atoms with Crippen molar-refractivity contribution in [2.75, 3.05) is 5.32 Å². The Kier molecular flexibility index (Phi) is 3.10. The largest absolute Gasteiger partial charge is 0.377 e. The zero-order chi connectivity index (χ0) is 11.5. The van der Waals surface area contributed by atoms with Crippen molar-refractivity contribution in [3.63, 3.8) is 0 Å². The number of hydrogen-bond acceptors (Lipinski definition) is 3. The SMILES string of the molecule is Cc1cnc(Cl)c(NCc2cncn2C)c1. The Balaban J connectivity index is 2.10. The number of nitrogens with zero attached hydrogens (tertiary/aromatic N) is 3. The molecule has 0 spiro atoms. The highest BCUT2D eigenvalue weighted by Crippen LogP contribution is 2.20. The third-order valence-electron chi connectivity index (χ3n) is 2.35. The minimum absolute atomic E-state index is 0.493. The summed E-state index contributed by atoms with van der Waals surface area (Å²) in [5.41, 5.74) is 3.03. The normalized spacial score (nSPS) is 10.4. The van der Waals surface area contributed by atoms with Crippen molar-refractivity contribution >= 4 is 17.3 Å². The van der Waals surface area contributed by atoms with E-state index in [1.807, 2.05) is 30.8 Å². The van der Waals surface area contributed by atoms with Gasteiger partial charge in [0.25, 0.3) is 0 Å². The topological polar surface area (TPSA) is 42.7 Å². The van der Waals surface area contributed by atoms with Crippen molar-refractivity contribution in [1.82, 2.24) is 14.5 Å². The summed E-state index contributed by atoms with van der Waals surface area (Å²) in [6, 6.07) is 1.98. The van der Waals surface area contributed by atoms with Gasteiger partial charge in [0.2, 0.25) is 0 Å². The quantitative estimate of drug-likeness (QED) is 0.833. The number of aryl methyl sites for hydroxylation is 2.